The third-order valence-corrected chi connectivity index (χ3v) is 3.85. The van der Waals surface area contributed by atoms with Crippen molar-refractivity contribution in [2.24, 2.45) is 0 Å². The van der Waals surface area contributed by atoms with Crippen molar-refractivity contribution in [3.8, 4) is 0 Å². The van der Waals surface area contributed by atoms with E-state index in [2.05, 4.69) is 28.2 Å². The molecule has 1 atom stereocenters. The van der Waals surface area contributed by atoms with Gasteiger partial charge < -0.3 is 10.2 Å². The Morgan fingerprint density at radius 3 is 2.89 bits per heavy atom. The van der Waals surface area contributed by atoms with E-state index in [0.29, 0.717) is 16.2 Å². The molecule has 1 aliphatic rings. The standard InChI is InChI=1S/C13H17BrF2N2/c1-2-17-9-4-3-5-18(8-9)13-6-10(14)11(15)7-12(13)16/h6-7,9,17H,2-5,8H2,1H3. The van der Waals surface area contributed by atoms with E-state index in [1.165, 1.54) is 6.07 Å². The lowest BCUT2D eigenvalue weighted by atomic mass is 10.0. The van der Waals surface area contributed by atoms with Gasteiger partial charge in [-0.3, -0.25) is 0 Å². The van der Waals surface area contributed by atoms with Gasteiger partial charge in [0.1, 0.15) is 11.6 Å². The van der Waals surface area contributed by atoms with Crippen molar-refractivity contribution in [1.82, 2.24) is 5.32 Å². The van der Waals surface area contributed by atoms with E-state index in [-0.39, 0.29) is 0 Å². The zero-order chi connectivity index (χ0) is 13.1. The van der Waals surface area contributed by atoms with Crippen LogP contribution in [0.1, 0.15) is 19.8 Å². The number of benzene rings is 1. The van der Waals surface area contributed by atoms with Gasteiger partial charge in [-0.05, 0) is 41.4 Å². The summed E-state index contributed by atoms with van der Waals surface area (Å²) in [5, 5.41) is 3.38. The van der Waals surface area contributed by atoms with Crippen LogP contribution in [0, 0.1) is 11.6 Å². The summed E-state index contributed by atoms with van der Waals surface area (Å²) in [4.78, 5) is 1.98. The minimum atomic E-state index is -0.559. The maximum Gasteiger partial charge on any atom is 0.149 e. The molecule has 1 heterocycles. The van der Waals surface area contributed by atoms with Crippen LogP contribution < -0.4 is 10.2 Å². The second kappa shape index (κ2) is 5.97. The molecule has 100 valence electrons. The average Bonchev–Trinajstić information content (AvgIpc) is 2.34. The highest BCUT2D eigenvalue weighted by Crippen LogP contribution is 2.28. The summed E-state index contributed by atoms with van der Waals surface area (Å²) >= 11 is 3.11. The molecule has 1 unspecified atom stereocenters. The molecule has 1 N–H and O–H groups in total. The van der Waals surface area contributed by atoms with Crippen molar-refractivity contribution < 1.29 is 8.78 Å². The van der Waals surface area contributed by atoms with E-state index in [0.717, 1.165) is 38.5 Å². The number of halogens is 3. The van der Waals surface area contributed by atoms with Gasteiger partial charge in [0.2, 0.25) is 0 Å². The van der Waals surface area contributed by atoms with Gasteiger partial charge in [-0.25, -0.2) is 8.78 Å². The topological polar surface area (TPSA) is 15.3 Å². The van der Waals surface area contributed by atoms with E-state index in [9.17, 15) is 8.78 Å². The molecule has 2 nitrogen and oxygen atoms in total. The molecule has 1 fully saturated rings. The molecule has 1 aromatic rings. The van der Waals surface area contributed by atoms with Gasteiger partial charge in [0.05, 0.1) is 10.2 Å². The Bertz CT molecular complexity index is 424. The van der Waals surface area contributed by atoms with Crippen molar-refractivity contribution in [3.63, 3.8) is 0 Å². The third-order valence-electron chi connectivity index (χ3n) is 3.24. The molecule has 0 aromatic heterocycles. The number of hydrogen-bond acceptors (Lipinski definition) is 2. The number of nitrogens with one attached hydrogen (secondary N) is 1. The van der Waals surface area contributed by atoms with Crippen molar-refractivity contribution in [3.05, 3.63) is 28.2 Å². The summed E-state index contributed by atoms with van der Waals surface area (Å²) in [5.41, 5.74) is 0.478. The maximum absolute atomic E-state index is 13.8. The van der Waals surface area contributed by atoms with Crippen LogP contribution >= 0.6 is 15.9 Å². The SMILES string of the molecule is CCNC1CCCN(c2cc(Br)c(F)cc2F)C1. The van der Waals surface area contributed by atoms with Gasteiger partial charge in [-0.2, -0.15) is 0 Å². The molecule has 18 heavy (non-hydrogen) atoms. The minimum Gasteiger partial charge on any atom is -0.368 e. The van der Waals surface area contributed by atoms with Crippen LogP contribution in [0.15, 0.2) is 16.6 Å². The quantitative estimate of drug-likeness (QED) is 0.860. The number of likely N-dealkylation sites (N-methyl/N-ethyl adjacent to an activating group) is 1. The lowest BCUT2D eigenvalue weighted by molar-refractivity contribution is 0.427. The summed E-state index contributed by atoms with van der Waals surface area (Å²) in [5.74, 6) is -1.05. The summed E-state index contributed by atoms with van der Waals surface area (Å²) in [7, 11) is 0. The number of piperidine rings is 1. The zero-order valence-corrected chi connectivity index (χ0v) is 11.9. The van der Waals surface area contributed by atoms with Crippen LogP contribution in [-0.4, -0.2) is 25.7 Å². The molecule has 0 radical (unpaired) electrons. The highest BCUT2D eigenvalue weighted by molar-refractivity contribution is 9.10. The Balaban J connectivity index is 2.18. The Kier molecular flexibility index (Phi) is 4.56. The molecule has 0 saturated carbocycles. The van der Waals surface area contributed by atoms with Crippen molar-refractivity contribution in [1.29, 1.82) is 0 Å². The predicted molar refractivity (Wildman–Crippen MR) is 73.0 cm³/mol. The van der Waals surface area contributed by atoms with Crippen LogP contribution in [-0.2, 0) is 0 Å². The average molecular weight is 319 g/mol. The first-order chi connectivity index (χ1) is 8.61. The normalized spacial score (nSPS) is 20.2. The summed E-state index contributed by atoms with van der Waals surface area (Å²) in [6, 6.07) is 2.85. The highest BCUT2D eigenvalue weighted by atomic mass is 79.9. The monoisotopic (exact) mass is 318 g/mol. The zero-order valence-electron chi connectivity index (χ0n) is 10.3. The number of nitrogens with zero attached hydrogens (tertiary/aromatic N) is 1. The summed E-state index contributed by atoms with van der Waals surface area (Å²) in [6.07, 6.45) is 2.13. The largest absolute Gasteiger partial charge is 0.368 e. The van der Waals surface area contributed by atoms with Crippen molar-refractivity contribution in [2.75, 3.05) is 24.5 Å². The number of anilines is 1. The first kappa shape index (κ1) is 13.7. The molecule has 0 spiro atoms. The van der Waals surface area contributed by atoms with Crippen molar-refractivity contribution in [2.45, 2.75) is 25.8 Å². The molecule has 2 rings (SSSR count). The van der Waals surface area contributed by atoms with Crippen LogP contribution in [0.2, 0.25) is 0 Å². The molecule has 0 amide bonds. The third kappa shape index (κ3) is 3.01. The van der Waals surface area contributed by atoms with Crippen LogP contribution in [0.5, 0.6) is 0 Å². The lowest BCUT2D eigenvalue weighted by Crippen LogP contribution is -2.46. The van der Waals surface area contributed by atoms with E-state index < -0.39 is 11.6 Å². The first-order valence-electron chi connectivity index (χ1n) is 6.24. The predicted octanol–water partition coefficient (Wildman–Crippen LogP) is 3.31. The van der Waals surface area contributed by atoms with Crippen LogP contribution in [0.4, 0.5) is 14.5 Å². The van der Waals surface area contributed by atoms with E-state index in [1.54, 1.807) is 0 Å². The smallest absolute Gasteiger partial charge is 0.149 e. The first-order valence-corrected chi connectivity index (χ1v) is 7.04. The van der Waals surface area contributed by atoms with Crippen LogP contribution in [0.25, 0.3) is 0 Å². The molecule has 0 bridgehead atoms. The molecular weight excluding hydrogens is 302 g/mol. The fraction of sp³-hybridized carbons (Fsp3) is 0.538. The fourth-order valence-electron chi connectivity index (χ4n) is 2.41. The van der Waals surface area contributed by atoms with Gasteiger partial charge in [0.25, 0.3) is 0 Å². The van der Waals surface area contributed by atoms with Gasteiger partial charge in [-0.1, -0.05) is 6.92 Å². The Labute approximate surface area is 114 Å². The minimum absolute atomic E-state index is 0.310. The fourth-order valence-corrected chi connectivity index (χ4v) is 2.74. The van der Waals surface area contributed by atoms with E-state index in [4.69, 9.17) is 0 Å². The van der Waals surface area contributed by atoms with E-state index >= 15 is 0 Å². The molecule has 0 aliphatic carbocycles. The maximum atomic E-state index is 13.8. The highest BCUT2D eigenvalue weighted by Gasteiger charge is 2.22. The summed E-state index contributed by atoms with van der Waals surface area (Å²) in [6.45, 7) is 4.56. The van der Waals surface area contributed by atoms with Crippen LogP contribution in [0.3, 0.4) is 0 Å². The van der Waals surface area contributed by atoms with Gasteiger partial charge in [0.15, 0.2) is 0 Å². The van der Waals surface area contributed by atoms with Gasteiger partial charge in [-0.15, -0.1) is 0 Å². The second-order valence-electron chi connectivity index (χ2n) is 4.56. The van der Waals surface area contributed by atoms with Gasteiger partial charge >= 0.3 is 0 Å². The van der Waals surface area contributed by atoms with Gasteiger partial charge in [0, 0.05) is 25.2 Å². The lowest BCUT2D eigenvalue weighted by Gasteiger charge is -2.35. The summed E-state index contributed by atoms with van der Waals surface area (Å²) < 4.78 is 27.3. The second-order valence-corrected chi connectivity index (χ2v) is 5.41. The molecular formula is C13H17BrF2N2. The van der Waals surface area contributed by atoms with E-state index in [1.807, 2.05) is 4.90 Å². The Hall–Kier alpha value is -0.680. The molecule has 1 aliphatic heterocycles. The Morgan fingerprint density at radius 2 is 2.17 bits per heavy atom. The molecule has 1 aromatic carbocycles. The molecule has 1 saturated heterocycles. The van der Waals surface area contributed by atoms with Crippen molar-refractivity contribution >= 4 is 21.6 Å². The Morgan fingerprint density at radius 1 is 1.39 bits per heavy atom. The molecule has 5 heteroatoms. The number of hydrogen-bond donors (Lipinski definition) is 1. The number of rotatable bonds is 3.